The maximum absolute atomic E-state index is 12.9. The van der Waals surface area contributed by atoms with E-state index < -0.39 is 0 Å². The van der Waals surface area contributed by atoms with Crippen LogP contribution in [0.4, 0.5) is 0 Å². The van der Waals surface area contributed by atoms with Gasteiger partial charge in [0.15, 0.2) is 0 Å². The Kier molecular flexibility index (Phi) is 6.48. The van der Waals surface area contributed by atoms with Gasteiger partial charge in [0, 0.05) is 6.07 Å². The second-order valence-corrected chi connectivity index (χ2v) is 8.04. The third-order valence-electron chi connectivity index (χ3n) is 5.56. The van der Waals surface area contributed by atoms with Crippen molar-refractivity contribution in [2.24, 2.45) is 0 Å². The van der Waals surface area contributed by atoms with Gasteiger partial charge in [0.05, 0.1) is 5.39 Å². The van der Waals surface area contributed by atoms with Crippen molar-refractivity contribution in [3.05, 3.63) is 125 Å². The van der Waals surface area contributed by atoms with E-state index in [1.165, 1.54) is 11.8 Å². The van der Waals surface area contributed by atoms with Gasteiger partial charge in [-0.25, -0.2) is 0 Å². The van der Waals surface area contributed by atoms with Crippen LogP contribution in [0.5, 0.6) is 28.7 Å². The van der Waals surface area contributed by atoms with Crippen molar-refractivity contribution in [3.63, 3.8) is 0 Å². The summed E-state index contributed by atoms with van der Waals surface area (Å²) in [4.78, 5) is 12.9. The van der Waals surface area contributed by atoms with Gasteiger partial charge in [-0.3, -0.25) is 4.79 Å². The third-order valence-corrected chi connectivity index (χ3v) is 5.56. The normalized spacial score (nSPS) is 10.8. The molecule has 4 aromatic carbocycles. The number of para-hydroxylation sites is 1. The number of hydrogen-bond donors (Lipinski definition) is 0. The van der Waals surface area contributed by atoms with Crippen molar-refractivity contribution in [1.82, 2.24) is 0 Å². The molecule has 0 saturated heterocycles. The quantitative estimate of drug-likeness (QED) is 0.238. The predicted octanol–water partition coefficient (Wildman–Crippen LogP) is 7.52. The summed E-state index contributed by atoms with van der Waals surface area (Å²) in [5, 5.41) is 0.429. The molecule has 1 heterocycles. The SMILES string of the molecule is CCc1ccc(Oc2coc3cc(OCc4cccc(Oc5ccccc5)c4)ccc3c2=O)cc1. The molecule has 0 spiro atoms. The lowest BCUT2D eigenvalue weighted by Crippen LogP contribution is -2.05. The summed E-state index contributed by atoms with van der Waals surface area (Å²) < 4.78 is 23.3. The maximum atomic E-state index is 12.9. The molecule has 35 heavy (non-hydrogen) atoms. The molecule has 1 aromatic heterocycles. The molecule has 5 heteroatoms. The first-order chi connectivity index (χ1) is 17.2. The smallest absolute Gasteiger partial charge is 0.235 e. The van der Waals surface area contributed by atoms with Gasteiger partial charge in [-0.05, 0) is 66.1 Å². The van der Waals surface area contributed by atoms with Crippen LogP contribution in [-0.2, 0) is 13.0 Å². The van der Waals surface area contributed by atoms with Crippen molar-refractivity contribution in [1.29, 1.82) is 0 Å². The van der Waals surface area contributed by atoms with Crippen molar-refractivity contribution in [2.45, 2.75) is 20.0 Å². The van der Waals surface area contributed by atoms with Gasteiger partial charge in [-0.15, -0.1) is 0 Å². The zero-order chi connectivity index (χ0) is 24.0. The molecule has 5 aromatic rings. The highest BCUT2D eigenvalue weighted by molar-refractivity contribution is 5.79. The molecule has 5 rings (SSSR count). The minimum Gasteiger partial charge on any atom is -0.489 e. The summed E-state index contributed by atoms with van der Waals surface area (Å²) in [6, 6.07) is 30.2. The molecule has 0 saturated carbocycles. The molecule has 174 valence electrons. The maximum Gasteiger partial charge on any atom is 0.235 e. The highest BCUT2D eigenvalue weighted by Crippen LogP contribution is 2.26. The van der Waals surface area contributed by atoms with Crippen molar-refractivity contribution >= 4 is 11.0 Å². The predicted molar refractivity (Wildman–Crippen MR) is 136 cm³/mol. The van der Waals surface area contributed by atoms with E-state index >= 15 is 0 Å². The Morgan fingerprint density at radius 3 is 2.23 bits per heavy atom. The van der Waals surface area contributed by atoms with E-state index in [4.69, 9.17) is 18.6 Å². The third kappa shape index (κ3) is 5.36. The van der Waals surface area contributed by atoms with E-state index in [2.05, 4.69) is 6.92 Å². The lowest BCUT2D eigenvalue weighted by atomic mass is 10.2. The average Bonchev–Trinajstić information content (AvgIpc) is 2.90. The van der Waals surface area contributed by atoms with Crippen molar-refractivity contribution in [2.75, 3.05) is 0 Å². The standard InChI is InChI=1S/C30H24O5/c1-2-21-11-13-24(14-12-21)35-29-20-33-28-18-25(15-16-27(28)30(29)31)32-19-22-7-6-10-26(17-22)34-23-8-4-3-5-9-23/h3-18,20H,2,19H2,1H3. The van der Waals surface area contributed by atoms with Gasteiger partial charge in [-0.2, -0.15) is 0 Å². The van der Waals surface area contributed by atoms with E-state index in [1.807, 2.05) is 78.9 Å². The molecule has 0 atom stereocenters. The summed E-state index contributed by atoms with van der Waals surface area (Å²) in [7, 11) is 0. The van der Waals surface area contributed by atoms with Crippen LogP contribution in [0.2, 0.25) is 0 Å². The summed E-state index contributed by atoms with van der Waals surface area (Å²) in [5.41, 5.74) is 2.36. The lowest BCUT2D eigenvalue weighted by molar-refractivity contribution is 0.305. The van der Waals surface area contributed by atoms with Gasteiger partial charge < -0.3 is 18.6 Å². The van der Waals surface area contributed by atoms with Crippen LogP contribution < -0.4 is 19.6 Å². The zero-order valence-electron chi connectivity index (χ0n) is 19.3. The molecular weight excluding hydrogens is 440 g/mol. The first-order valence-corrected chi connectivity index (χ1v) is 11.4. The van der Waals surface area contributed by atoms with Gasteiger partial charge in [-0.1, -0.05) is 49.4 Å². The highest BCUT2D eigenvalue weighted by Gasteiger charge is 2.11. The number of benzene rings is 4. The molecular formula is C30H24O5. The van der Waals surface area contributed by atoms with Crippen molar-refractivity contribution < 1.29 is 18.6 Å². The molecule has 0 unspecified atom stereocenters. The van der Waals surface area contributed by atoms with Crippen molar-refractivity contribution in [3.8, 4) is 28.7 Å². The fourth-order valence-corrected chi connectivity index (χ4v) is 3.66. The van der Waals surface area contributed by atoms with E-state index in [1.54, 1.807) is 18.2 Å². The Hall–Kier alpha value is -4.51. The van der Waals surface area contributed by atoms with Crippen LogP contribution in [0.3, 0.4) is 0 Å². The number of rotatable bonds is 8. The Balaban J connectivity index is 1.28. The molecule has 0 radical (unpaired) electrons. The molecule has 0 N–H and O–H groups in total. The van der Waals surface area contributed by atoms with Crippen LogP contribution in [0.1, 0.15) is 18.1 Å². The second kappa shape index (κ2) is 10.2. The minimum absolute atomic E-state index is 0.144. The van der Waals surface area contributed by atoms with E-state index in [9.17, 15) is 4.79 Å². The molecule has 0 bridgehead atoms. The topological polar surface area (TPSA) is 57.9 Å². The second-order valence-electron chi connectivity index (χ2n) is 8.04. The number of ether oxygens (including phenoxy) is 3. The monoisotopic (exact) mass is 464 g/mol. The molecule has 0 aliphatic rings. The molecule has 0 aliphatic heterocycles. The number of aryl methyl sites for hydroxylation is 1. The summed E-state index contributed by atoms with van der Waals surface area (Å²) in [6.45, 7) is 2.43. The molecule has 5 nitrogen and oxygen atoms in total. The summed E-state index contributed by atoms with van der Waals surface area (Å²) >= 11 is 0. The van der Waals surface area contributed by atoms with E-state index in [0.29, 0.717) is 29.1 Å². The van der Waals surface area contributed by atoms with Crippen LogP contribution >= 0.6 is 0 Å². The number of hydrogen-bond acceptors (Lipinski definition) is 5. The van der Waals surface area contributed by atoms with Crippen LogP contribution in [0.15, 0.2) is 113 Å². The summed E-state index contributed by atoms with van der Waals surface area (Å²) in [5.74, 6) is 2.84. The average molecular weight is 465 g/mol. The Bertz CT molecular complexity index is 1490. The van der Waals surface area contributed by atoms with Gasteiger partial charge in [0.25, 0.3) is 0 Å². The Morgan fingerprint density at radius 1 is 0.686 bits per heavy atom. The van der Waals surface area contributed by atoms with Crippen LogP contribution in [0.25, 0.3) is 11.0 Å². The zero-order valence-corrected chi connectivity index (χ0v) is 19.3. The molecule has 0 fully saturated rings. The largest absolute Gasteiger partial charge is 0.489 e. The summed E-state index contributed by atoms with van der Waals surface area (Å²) in [6.07, 6.45) is 2.28. The minimum atomic E-state index is -0.233. The Morgan fingerprint density at radius 2 is 1.43 bits per heavy atom. The molecule has 0 aliphatic carbocycles. The van der Waals surface area contributed by atoms with Crippen LogP contribution in [0, 0.1) is 0 Å². The van der Waals surface area contributed by atoms with Crippen LogP contribution in [-0.4, -0.2) is 0 Å². The van der Waals surface area contributed by atoms with Gasteiger partial charge in [0.1, 0.15) is 41.5 Å². The number of fused-ring (bicyclic) bond motifs is 1. The van der Waals surface area contributed by atoms with Gasteiger partial charge >= 0.3 is 0 Å². The Labute approximate surface area is 203 Å². The fraction of sp³-hybridized carbons (Fsp3) is 0.100. The van der Waals surface area contributed by atoms with E-state index in [0.717, 1.165) is 23.5 Å². The fourth-order valence-electron chi connectivity index (χ4n) is 3.66. The first kappa shape index (κ1) is 22.3. The highest BCUT2D eigenvalue weighted by atomic mass is 16.5. The van der Waals surface area contributed by atoms with Gasteiger partial charge in [0.2, 0.25) is 11.2 Å². The lowest BCUT2D eigenvalue weighted by Gasteiger charge is -2.10. The van der Waals surface area contributed by atoms with E-state index in [-0.39, 0.29) is 11.2 Å². The first-order valence-electron chi connectivity index (χ1n) is 11.4. The molecule has 0 amide bonds.